The molecule has 1 aromatic carbocycles. The Kier molecular flexibility index (Phi) is 4.42. The molecule has 0 spiro atoms. The summed E-state index contributed by atoms with van der Waals surface area (Å²) in [5, 5.41) is 6.20. The fourth-order valence-corrected chi connectivity index (χ4v) is 1.89. The van der Waals surface area contributed by atoms with E-state index >= 15 is 0 Å². The smallest absolute Gasteiger partial charge is 0.224 e. The molecule has 0 unspecified atom stereocenters. The van der Waals surface area contributed by atoms with Gasteiger partial charge in [-0.2, -0.15) is 4.98 Å². The highest BCUT2D eigenvalue weighted by Crippen LogP contribution is 2.29. The highest BCUT2D eigenvalue weighted by molar-refractivity contribution is 6.33. The van der Waals surface area contributed by atoms with Gasteiger partial charge in [0.1, 0.15) is 5.02 Å². The van der Waals surface area contributed by atoms with E-state index in [-0.39, 0.29) is 11.2 Å². The van der Waals surface area contributed by atoms with E-state index in [1.807, 2.05) is 25.1 Å². The summed E-state index contributed by atoms with van der Waals surface area (Å²) < 4.78 is 0. The van der Waals surface area contributed by atoms with Gasteiger partial charge in [0, 0.05) is 6.92 Å². The van der Waals surface area contributed by atoms with Gasteiger partial charge in [-0.25, -0.2) is 4.98 Å². The molecule has 2 aromatic rings. The molecule has 7 heteroatoms. The first kappa shape index (κ1) is 14.6. The van der Waals surface area contributed by atoms with Crippen molar-refractivity contribution in [1.82, 2.24) is 9.97 Å². The van der Waals surface area contributed by atoms with Gasteiger partial charge in [-0.15, -0.1) is 0 Å². The third-order valence-corrected chi connectivity index (χ3v) is 2.91. The third kappa shape index (κ3) is 3.59. The minimum absolute atomic E-state index is 0.0880. The number of carbonyl (C=O) groups excluding carboxylic acids is 1. The fourth-order valence-electron chi connectivity index (χ4n) is 1.62. The predicted molar refractivity (Wildman–Crippen MR) is 80.8 cm³/mol. The second-order valence-electron chi connectivity index (χ2n) is 4.19. The second kappa shape index (κ2) is 6.07. The van der Waals surface area contributed by atoms with Crippen LogP contribution in [0.1, 0.15) is 12.5 Å². The number of nitrogens with one attached hydrogen (secondary N) is 2. The summed E-state index contributed by atoms with van der Waals surface area (Å²) in [4.78, 5) is 19.0. The van der Waals surface area contributed by atoms with E-state index in [0.29, 0.717) is 22.2 Å². The number of hydrogen-bond acceptors (Lipinski definition) is 4. The zero-order valence-corrected chi connectivity index (χ0v) is 12.4. The van der Waals surface area contributed by atoms with Crippen molar-refractivity contribution in [2.45, 2.75) is 13.8 Å². The second-order valence-corrected chi connectivity index (χ2v) is 4.94. The maximum Gasteiger partial charge on any atom is 0.224 e. The molecule has 0 atom stereocenters. The molecule has 2 N–H and O–H groups in total. The van der Waals surface area contributed by atoms with Gasteiger partial charge in [-0.05, 0) is 36.2 Å². The molecule has 20 heavy (non-hydrogen) atoms. The van der Waals surface area contributed by atoms with Crippen molar-refractivity contribution >= 4 is 46.3 Å². The molecule has 0 aliphatic heterocycles. The lowest BCUT2D eigenvalue weighted by Crippen LogP contribution is -2.08. The standard InChI is InChI=1S/C13H12Cl2N4O/c1-7-3-4-10(11(5-7)17-8(2)20)18-12-9(14)6-16-13(15)19-12/h3-6H,1-2H3,(H,17,20)(H,16,18,19). The maximum atomic E-state index is 11.2. The number of benzene rings is 1. The van der Waals surface area contributed by atoms with E-state index in [9.17, 15) is 4.79 Å². The van der Waals surface area contributed by atoms with Crippen LogP contribution in [0.2, 0.25) is 10.3 Å². The van der Waals surface area contributed by atoms with Gasteiger partial charge in [-0.1, -0.05) is 17.7 Å². The summed E-state index contributed by atoms with van der Waals surface area (Å²) in [6, 6.07) is 5.58. The number of rotatable bonds is 3. The van der Waals surface area contributed by atoms with Crippen LogP contribution in [0.3, 0.4) is 0 Å². The van der Waals surface area contributed by atoms with Crippen molar-refractivity contribution in [3.8, 4) is 0 Å². The predicted octanol–water partition coefficient (Wildman–Crippen LogP) is 3.79. The van der Waals surface area contributed by atoms with E-state index in [2.05, 4.69) is 20.6 Å². The van der Waals surface area contributed by atoms with Crippen LogP contribution >= 0.6 is 23.2 Å². The first-order valence-corrected chi connectivity index (χ1v) is 6.54. The molecule has 104 valence electrons. The topological polar surface area (TPSA) is 66.9 Å². The number of aryl methyl sites for hydroxylation is 1. The van der Waals surface area contributed by atoms with Crippen molar-refractivity contribution in [3.05, 3.63) is 40.3 Å². The average Bonchev–Trinajstić information content (AvgIpc) is 2.36. The van der Waals surface area contributed by atoms with Crippen molar-refractivity contribution in [1.29, 1.82) is 0 Å². The Morgan fingerprint density at radius 1 is 1.25 bits per heavy atom. The molecule has 0 saturated carbocycles. The Morgan fingerprint density at radius 2 is 2.00 bits per heavy atom. The van der Waals surface area contributed by atoms with Crippen LogP contribution in [0.5, 0.6) is 0 Å². The number of halogens is 2. The third-order valence-electron chi connectivity index (χ3n) is 2.45. The quantitative estimate of drug-likeness (QED) is 0.846. The zero-order chi connectivity index (χ0) is 14.7. The Balaban J connectivity index is 2.37. The summed E-state index contributed by atoms with van der Waals surface area (Å²) in [7, 11) is 0. The summed E-state index contributed by atoms with van der Waals surface area (Å²) in [5.41, 5.74) is 2.33. The number of aromatic nitrogens is 2. The van der Waals surface area contributed by atoms with Crippen molar-refractivity contribution in [2.24, 2.45) is 0 Å². The highest BCUT2D eigenvalue weighted by atomic mass is 35.5. The molecule has 2 rings (SSSR count). The molecule has 1 aromatic heterocycles. The molecular formula is C13H12Cl2N4O. The molecule has 1 amide bonds. The molecule has 1 heterocycles. The fraction of sp³-hybridized carbons (Fsp3) is 0.154. The Labute approximate surface area is 126 Å². The van der Waals surface area contributed by atoms with Gasteiger partial charge < -0.3 is 10.6 Å². The van der Waals surface area contributed by atoms with Crippen LogP contribution in [0.4, 0.5) is 17.2 Å². The molecule has 0 saturated heterocycles. The van der Waals surface area contributed by atoms with Crippen LogP contribution in [0.25, 0.3) is 0 Å². The zero-order valence-electron chi connectivity index (χ0n) is 10.9. The van der Waals surface area contributed by atoms with E-state index in [4.69, 9.17) is 23.2 Å². The summed E-state index contributed by atoms with van der Waals surface area (Å²) in [6.07, 6.45) is 1.41. The monoisotopic (exact) mass is 310 g/mol. The Hall–Kier alpha value is -1.85. The van der Waals surface area contributed by atoms with E-state index in [1.54, 1.807) is 0 Å². The number of amides is 1. The Bertz CT molecular complexity index is 661. The van der Waals surface area contributed by atoms with Crippen LogP contribution in [-0.2, 0) is 4.79 Å². The highest BCUT2D eigenvalue weighted by Gasteiger charge is 2.09. The van der Waals surface area contributed by atoms with E-state index in [0.717, 1.165) is 5.56 Å². The van der Waals surface area contributed by atoms with Gasteiger partial charge in [0.25, 0.3) is 0 Å². The van der Waals surface area contributed by atoms with Crippen molar-refractivity contribution in [3.63, 3.8) is 0 Å². The van der Waals surface area contributed by atoms with Gasteiger partial charge in [-0.3, -0.25) is 4.79 Å². The van der Waals surface area contributed by atoms with Crippen LogP contribution < -0.4 is 10.6 Å². The van der Waals surface area contributed by atoms with Crippen molar-refractivity contribution < 1.29 is 4.79 Å². The molecule has 5 nitrogen and oxygen atoms in total. The van der Waals surface area contributed by atoms with Gasteiger partial charge in [0.15, 0.2) is 5.82 Å². The lowest BCUT2D eigenvalue weighted by atomic mass is 10.2. The van der Waals surface area contributed by atoms with Gasteiger partial charge in [0.2, 0.25) is 11.2 Å². The molecule has 0 aliphatic rings. The van der Waals surface area contributed by atoms with Crippen molar-refractivity contribution in [2.75, 3.05) is 10.6 Å². The summed E-state index contributed by atoms with van der Waals surface area (Å²) >= 11 is 11.7. The SMILES string of the molecule is CC(=O)Nc1cc(C)ccc1Nc1nc(Cl)ncc1Cl. The van der Waals surface area contributed by atoms with E-state index < -0.39 is 0 Å². The minimum Gasteiger partial charge on any atom is -0.337 e. The number of carbonyl (C=O) groups is 1. The normalized spacial score (nSPS) is 10.2. The Morgan fingerprint density at radius 3 is 2.70 bits per heavy atom. The first-order chi connectivity index (χ1) is 9.45. The summed E-state index contributed by atoms with van der Waals surface area (Å²) in [6.45, 7) is 3.38. The number of anilines is 3. The molecule has 0 aliphatic carbocycles. The number of nitrogens with zero attached hydrogens (tertiary/aromatic N) is 2. The largest absolute Gasteiger partial charge is 0.337 e. The van der Waals surface area contributed by atoms with Gasteiger partial charge >= 0.3 is 0 Å². The minimum atomic E-state index is -0.162. The first-order valence-electron chi connectivity index (χ1n) is 5.79. The van der Waals surface area contributed by atoms with Crippen LogP contribution in [-0.4, -0.2) is 15.9 Å². The lowest BCUT2D eigenvalue weighted by Gasteiger charge is -2.13. The maximum absolute atomic E-state index is 11.2. The summed E-state index contributed by atoms with van der Waals surface area (Å²) in [5.74, 6) is 0.215. The number of hydrogen-bond donors (Lipinski definition) is 2. The average molecular weight is 311 g/mol. The molecular weight excluding hydrogens is 299 g/mol. The van der Waals surface area contributed by atoms with Gasteiger partial charge in [0.05, 0.1) is 17.6 Å². The van der Waals surface area contributed by atoms with E-state index in [1.165, 1.54) is 13.1 Å². The molecule has 0 fully saturated rings. The van der Waals surface area contributed by atoms with Crippen LogP contribution in [0.15, 0.2) is 24.4 Å². The van der Waals surface area contributed by atoms with Crippen LogP contribution in [0, 0.1) is 6.92 Å². The molecule has 0 bridgehead atoms. The lowest BCUT2D eigenvalue weighted by molar-refractivity contribution is -0.114. The molecule has 0 radical (unpaired) electrons.